The van der Waals surface area contributed by atoms with Gasteiger partial charge in [-0.15, -0.1) is 13.2 Å². The maximum absolute atomic E-state index is 14.2. The number of nitrogens with zero attached hydrogens (tertiary/aromatic N) is 3. The number of allylic oxidation sites excluding steroid dienone is 2. The number of fused-ring (bicyclic) bond motifs is 1. The van der Waals surface area contributed by atoms with E-state index < -0.39 is 53.1 Å². The summed E-state index contributed by atoms with van der Waals surface area (Å²) in [7, 11) is 1.37. The molecule has 3 atom stereocenters. The topological polar surface area (TPSA) is 43.9 Å². The van der Waals surface area contributed by atoms with Crippen LogP contribution in [0, 0.1) is 19.3 Å². The van der Waals surface area contributed by atoms with Gasteiger partial charge in [0.2, 0.25) is 5.91 Å². The summed E-state index contributed by atoms with van der Waals surface area (Å²) in [4.78, 5) is 32.6. The maximum atomic E-state index is 14.2. The lowest BCUT2D eigenvalue weighted by molar-refractivity contribution is -0.143. The molecule has 0 aliphatic carbocycles. The molecule has 4 rings (SSSR count). The Bertz CT molecular complexity index is 1410. The minimum Gasteiger partial charge on any atom is -0.335 e. The van der Waals surface area contributed by atoms with Crippen molar-refractivity contribution in [3.63, 3.8) is 0 Å². The lowest BCUT2D eigenvalue weighted by Gasteiger charge is -2.47. The van der Waals surface area contributed by atoms with E-state index >= 15 is 0 Å². The van der Waals surface area contributed by atoms with Crippen LogP contribution in [0.3, 0.4) is 0 Å². The Morgan fingerprint density at radius 3 is 2.07 bits per heavy atom. The lowest BCUT2D eigenvalue weighted by atomic mass is 9.76. The Labute approximate surface area is 253 Å². The molecule has 2 aliphatic heterocycles. The monoisotopic (exact) mass is 621 g/mol. The van der Waals surface area contributed by atoms with Gasteiger partial charge < -0.3 is 14.7 Å². The highest BCUT2D eigenvalue weighted by Crippen LogP contribution is 2.50. The van der Waals surface area contributed by atoms with Gasteiger partial charge in [0.15, 0.2) is 0 Å². The molecule has 2 aromatic rings. The molecule has 44 heavy (non-hydrogen) atoms. The van der Waals surface area contributed by atoms with E-state index in [0.717, 1.165) is 16.7 Å². The fourth-order valence-electron chi connectivity index (χ4n) is 6.70. The molecule has 0 aromatic heterocycles. The van der Waals surface area contributed by atoms with Crippen LogP contribution in [0.4, 0.5) is 31.1 Å². The minimum absolute atomic E-state index is 0.0467. The average Bonchev–Trinajstić information content (AvgIpc) is 3.21. The SMILES string of the molecule is C=CCC1(CC=C)CC2C(c3ccc(C)cc3C)N(C(=O)N(C)[C@H](C)c3cc(C(F)(F)F)cc(C(F)(F)F)c3)CCN2C1=O. The van der Waals surface area contributed by atoms with Gasteiger partial charge in [0.25, 0.3) is 0 Å². The number of piperazine rings is 1. The number of carbonyl (C=O) groups excluding carboxylic acids is 2. The molecule has 2 fully saturated rings. The zero-order valence-corrected chi connectivity index (χ0v) is 25.2. The number of alkyl halides is 6. The van der Waals surface area contributed by atoms with E-state index in [1.54, 1.807) is 22.0 Å². The van der Waals surface area contributed by atoms with Gasteiger partial charge in [0, 0.05) is 20.1 Å². The normalized spacial score (nSPS) is 20.7. The second kappa shape index (κ2) is 12.0. The van der Waals surface area contributed by atoms with Gasteiger partial charge in [-0.3, -0.25) is 4.79 Å². The average molecular weight is 622 g/mol. The zero-order chi connectivity index (χ0) is 32.8. The van der Waals surface area contributed by atoms with E-state index in [0.29, 0.717) is 31.4 Å². The van der Waals surface area contributed by atoms with Gasteiger partial charge in [-0.1, -0.05) is 35.9 Å². The molecule has 3 amide bonds. The first-order valence-electron chi connectivity index (χ1n) is 14.4. The second-order valence-corrected chi connectivity index (χ2v) is 11.9. The predicted molar refractivity (Wildman–Crippen MR) is 156 cm³/mol. The first kappa shape index (κ1) is 33.1. The molecular formula is C33H37F6N3O2. The number of amides is 3. The number of hydrogen-bond acceptors (Lipinski definition) is 2. The Morgan fingerprint density at radius 2 is 1.57 bits per heavy atom. The van der Waals surface area contributed by atoms with Gasteiger partial charge in [0.05, 0.1) is 34.7 Å². The largest absolute Gasteiger partial charge is 0.416 e. The second-order valence-electron chi connectivity index (χ2n) is 11.9. The smallest absolute Gasteiger partial charge is 0.335 e. The summed E-state index contributed by atoms with van der Waals surface area (Å²) in [6.07, 6.45) is -5.35. The van der Waals surface area contributed by atoms with Gasteiger partial charge >= 0.3 is 18.4 Å². The van der Waals surface area contributed by atoms with Gasteiger partial charge in [-0.25, -0.2) is 4.79 Å². The maximum Gasteiger partial charge on any atom is 0.416 e. The van der Waals surface area contributed by atoms with Crippen LogP contribution in [0.5, 0.6) is 0 Å². The highest BCUT2D eigenvalue weighted by atomic mass is 19.4. The molecule has 2 aromatic carbocycles. The molecule has 2 unspecified atom stereocenters. The molecule has 0 saturated carbocycles. The molecule has 0 spiro atoms. The third-order valence-corrected chi connectivity index (χ3v) is 9.03. The van der Waals surface area contributed by atoms with Gasteiger partial charge in [-0.05, 0) is 74.9 Å². The Balaban J connectivity index is 1.76. The number of halogens is 6. The summed E-state index contributed by atoms with van der Waals surface area (Å²) in [6, 6.07) is 4.47. The van der Waals surface area contributed by atoms with Crippen molar-refractivity contribution in [3.8, 4) is 0 Å². The third kappa shape index (κ3) is 6.10. The summed E-state index contributed by atoms with van der Waals surface area (Å²) >= 11 is 0. The highest BCUT2D eigenvalue weighted by Gasteiger charge is 2.56. The highest BCUT2D eigenvalue weighted by molar-refractivity contribution is 5.87. The van der Waals surface area contributed by atoms with E-state index in [1.165, 1.54) is 18.9 Å². The van der Waals surface area contributed by atoms with Crippen LogP contribution in [-0.2, 0) is 17.1 Å². The van der Waals surface area contributed by atoms with E-state index in [1.807, 2.05) is 32.0 Å². The Kier molecular flexibility index (Phi) is 9.01. The van der Waals surface area contributed by atoms with E-state index in [9.17, 15) is 35.9 Å². The van der Waals surface area contributed by atoms with Crippen molar-refractivity contribution in [1.29, 1.82) is 0 Å². The molecule has 5 nitrogen and oxygen atoms in total. The lowest BCUT2D eigenvalue weighted by Crippen LogP contribution is -2.57. The van der Waals surface area contributed by atoms with Gasteiger partial charge in [0.1, 0.15) is 0 Å². The van der Waals surface area contributed by atoms with Crippen LogP contribution in [0.25, 0.3) is 0 Å². The van der Waals surface area contributed by atoms with E-state index in [2.05, 4.69) is 13.2 Å². The van der Waals surface area contributed by atoms with Crippen LogP contribution in [0.2, 0.25) is 0 Å². The fraction of sp³-hybridized carbons (Fsp3) is 0.455. The van der Waals surface area contributed by atoms with Crippen molar-refractivity contribution in [2.75, 3.05) is 20.1 Å². The molecular weight excluding hydrogens is 584 g/mol. The summed E-state index contributed by atoms with van der Waals surface area (Å²) in [5.41, 5.74) is -1.23. The quantitative estimate of drug-likeness (QED) is 0.231. The van der Waals surface area contributed by atoms with Crippen molar-refractivity contribution < 1.29 is 35.9 Å². The first-order chi connectivity index (χ1) is 20.4. The van der Waals surface area contributed by atoms with Crippen LogP contribution in [0.15, 0.2) is 61.7 Å². The van der Waals surface area contributed by atoms with Crippen molar-refractivity contribution in [2.45, 2.75) is 70.5 Å². The minimum atomic E-state index is -5.01. The van der Waals surface area contributed by atoms with Gasteiger partial charge in [-0.2, -0.15) is 26.3 Å². The van der Waals surface area contributed by atoms with Crippen molar-refractivity contribution >= 4 is 11.9 Å². The molecule has 0 bridgehead atoms. The fourth-order valence-corrected chi connectivity index (χ4v) is 6.70. The standard InChI is InChI=1S/C33H37F6N3O2/c1-7-11-31(12-8-2)19-27-28(26-10-9-20(3)15-21(26)4)42(14-13-41(27)29(31)43)30(44)40(6)22(5)23-16-24(32(34,35)36)18-25(17-23)33(37,38)39/h7-10,15-18,22,27-28H,1-2,11-14,19H2,3-6H3/t22-,27?,28?/m1/s1. The molecule has 238 valence electrons. The molecule has 2 aliphatic rings. The van der Waals surface area contributed by atoms with Crippen molar-refractivity contribution in [2.24, 2.45) is 5.41 Å². The Morgan fingerprint density at radius 1 is 1.00 bits per heavy atom. The molecule has 2 heterocycles. The molecule has 0 N–H and O–H groups in total. The molecule has 11 heteroatoms. The third-order valence-electron chi connectivity index (χ3n) is 9.03. The van der Waals surface area contributed by atoms with Crippen LogP contribution in [0.1, 0.15) is 71.7 Å². The first-order valence-corrected chi connectivity index (χ1v) is 14.4. The summed E-state index contributed by atoms with van der Waals surface area (Å²) in [5, 5.41) is 0. The number of benzene rings is 2. The van der Waals surface area contributed by atoms with Crippen molar-refractivity contribution in [3.05, 3.63) is 95.1 Å². The van der Waals surface area contributed by atoms with E-state index in [4.69, 9.17) is 0 Å². The number of aryl methyl sites for hydroxylation is 2. The summed E-state index contributed by atoms with van der Waals surface area (Å²) < 4.78 is 81.5. The summed E-state index contributed by atoms with van der Waals surface area (Å²) in [5.74, 6) is -0.0467. The Hall–Kier alpha value is -3.76. The molecule has 0 radical (unpaired) electrons. The van der Waals surface area contributed by atoms with Crippen LogP contribution >= 0.6 is 0 Å². The summed E-state index contributed by atoms with van der Waals surface area (Å²) in [6.45, 7) is 13.3. The number of urea groups is 1. The van der Waals surface area contributed by atoms with Crippen LogP contribution < -0.4 is 0 Å². The zero-order valence-electron chi connectivity index (χ0n) is 25.2. The van der Waals surface area contributed by atoms with E-state index in [-0.39, 0.29) is 30.6 Å². The predicted octanol–water partition coefficient (Wildman–Crippen LogP) is 8.25. The molecule has 2 saturated heterocycles. The number of rotatable bonds is 7. The number of hydrogen-bond donors (Lipinski definition) is 0. The van der Waals surface area contributed by atoms with Crippen molar-refractivity contribution in [1.82, 2.24) is 14.7 Å². The van der Waals surface area contributed by atoms with Crippen LogP contribution in [-0.4, -0.2) is 52.8 Å². The number of carbonyl (C=O) groups is 2.